The van der Waals surface area contributed by atoms with Crippen LogP contribution in [0, 0.1) is 28.9 Å². The molecular formula is C32H28ClF3N6O3S. The zero-order valence-corrected chi connectivity index (χ0v) is 26.0. The molecule has 4 aromatic rings. The smallest absolute Gasteiger partial charge is 0.319 e. The van der Waals surface area contributed by atoms with E-state index < -0.39 is 29.1 Å². The number of aliphatic carboxylic acids is 1. The summed E-state index contributed by atoms with van der Waals surface area (Å²) >= 11 is 7.66. The van der Waals surface area contributed by atoms with E-state index in [-0.39, 0.29) is 54.9 Å². The van der Waals surface area contributed by atoms with Crippen molar-refractivity contribution < 1.29 is 27.8 Å². The molecule has 0 aliphatic carbocycles. The van der Waals surface area contributed by atoms with Gasteiger partial charge in [0.15, 0.2) is 5.82 Å². The lowest BCUT2D eigenvalue weighted by molar-refractivity contribution is -0.142. The van der Waals surface area contributed by atoms with Crippen LogP contribution in [0.2, 0.25) is 5.02 Å². The average molecular weight is 669 g/mol. The summed E-state index contributed by atoms with van der Waals surface area (Å²) in [4.78, 5) is 24.9. The van der Waals surface area contributed by atoms with Crippen molar-refractivity contribution >= 4 is 60.7 Å². The van der Waals surface area contributed by atoms with Gasteiger partial charge in [-0.15, -0.1) is 11.3 Å². The first-order valence-corrected chi connectivity index (χ1v) is 16.1. The Morgan fingerprint density at radius 2 is 2.07 bits per heavy atom. The van der Waals surface area contributed by atoms with Crippen molar-refractivity contribution in [1.82, 2.24) is 14.9 Å². The predicted octanol–water partition coefficient (Wildman–Crippen LogP) is 6.67. The van der Waals surface area contributed by atoms with Gasteiger partial charge in [-0.1, -0.05) is 17.7 Å². The maximum atomic E-state index is 16.8. The Labute approximate surface area is 270 Å². The first-order valence-electron chi connectivity index (χ1n) is 14.9. The summed E-state index contributed by atoms with van der Waals surface area (Å²) < 4.78 is 51.5. The quantitative estimate of drug-likeness (QED) is 0.232. The second-order valence-corrected chi connectivity index (χ2v) is 13.6. The maximum Gasteiger partial charge on any atom is 0.319 e. The van der Waals surface area contributed by atoms with Gasteiger partial charge < -0.3 is 20.5 Å². The number of nitriles is 1. The number of carboxylic acids is 1. The highest BCUT2D eigenvalue weighted by atomic mass is 35.5. The fraction of sp³-hybridized carbons (Fsp3) is 0.375. The van der Waals surface area contributed by atoms with Crippen molar-refractivity contribution in [3.63, 3.8) is 0 Å². The predicted molar refractivity (Wildman–Crippen MR) is 170 cm³/mol. The molecule has 46 heavy (non-hydrogen) atoms. The number of hydrogen-bond acceptors (Lipinski definition) is 9. The van der Waals surface area contributed by atoms with Crippen molar-refractivity contribution in [3.8, 4) is 23.2 Å². The van der Waals surface area contributed by atoms with Crippen LogP contribution >= 0.6 is 22.9 Å². The van der Waals surface area contributed by atoms with E-state index in [0.29, 0.717) is 62.0 Å². The van der Waals surface area contributed by atoms with Gasteiger partial charge in [-0.05, 0) is 61.9 Å². The lowest BCUT2D eigenvalue weighted by Crippen LogP contribution is -2.43. The number of nitrogens with two attached hydrogens (primary N) is 1. The standard InChI is InChI=1S/C32H28ClF3N6O3S/c33-21-10-19-26(25(36)24(21)18-2-3-22(35)27-23(18)20(13-37)28(38)46-27)39-31(40-29(19)41-8-4-17(5-9-41)30(43)44)45-15-32-6-1-7-42(32)14-16(11-32)12-34/h2-3,10,12,17H,1,4-9,11,14-15,38H2,(H,43,44)/b16-12-/t32-/m0/s1. The number of rotatable bonds is 6. The Hall–Kier alpha value is -4.12. The number of carboxylic acid groups (broad SMARTS) is 1. The molecule has 0 bridgehead atoms. The summed E-state index contributed by atoms with van der Waals surface area (Å²) in [5.74, 6) is -2.45. The van der Waals surface area contributed by atoms with Gasteiger partial charge in [0.1, 0.15) is 34.8 Å². The third kappa shape index (κ3) is 4.90. The molecule has 1 atom stereocenters. The van der Waals surface area contributed by atoms with Crippen LogP contribution in [0.15, 0.2) is 30.1 Å². The molecule has 9 nitrogen and oxygen atoms in total. The fourth-order valence-electron chi connectivity index (χ4n) is 7.21. The minimum absolute atomic E-state index is 0.0116. The highest BCUT2D eigenvalue weighted by Gasteiger charge is 2.47. The third-order valence-electron chi connectivity index (χ3n) is 9.50. The van der Waals surface area contributed by atoms with Crippen LogP contribution in [0.25, 0.3) is 32.1 Å². The number of benzene rings is 2. The molecule has 3 aliphatic heterocycles. The highest BCUT2D eigenvalue weighted by molar-refractivity contribution is 7.23. The average Bonchev–Trinajstić information content (AvgIpc) is 3.71. The number of ether oxygens (including phenoxy) is 1. The Bertz CT molecular complexity index is 1990. The topological polar surface area (TPSA) is 129 Å². The number of aromatic nitrogens is 2. The molecule has 14 heteroatoms. The van der Waals surface area contributed by atoms with E-state index in [0.717, 1.165) is 30.7 Å². The molecular weight excluding hydrogens is 641 g/mol. The molecule has 0 saturated carbocycles. The zero-order valence-electron chi connectivity index (χ0n) is 24.5. The Balaban J connectivity index is 1.37. The summed E-state index contributed by atoms with van der Waals surface area (Å²) in [6, 6.07) is 5.98. The molecule has 3 fully saturated rings. The van der Waals surface area contributed by atoms with Crippen molar-refractivity contribution in [3.05, 3.63) is 52.3 Å². The largest absolute Gasteiger partial charge is 0.481 e. The Morgan fingerprint density at radius 1 is 1.28 bits per heavy atom. The number of piperidine rings is 1. The van der Waals surface area contributed by atoms with Crippen LogP contribution in [0.1, 0.15) is 37.7 Å². The SMILES string of the molecule is N#Cc1c(N)sc2c(F)ccc(-c3c(Cl)cc4c(N5CCC(C(=O)O)CC5)nc(OC[C@@]56CCCN5C/C(=C\F)C6)nc4c3F)c12. The first kappa shape index (κ1) is 30.5. The van der Waals surface area contributed by atoms with Gasteiger partial charge in [0.2, 0.25) is 0 Å². The first-order chi connectivity index (χ1) is 22.1. The molecule has 0 radical (unpaired) electrons. The van der Waals surface area contributed by atoms with Gasteiger partial charge in [0, 0.05) is 36.0 Å². The molecule has 238 valence electrons. The molecule has 3 saturated heterocycles. The van der Waals surface area contributed by atoms with Gasteiger partial charge in [-0.2, -0.15) is 15.2 Å². The van der Waals surface area contributed by atoms with Gasteiger partial charge in [0.05, 0.1) is 33.1 Å². The molecule has 0 amide bonds. The Morgan fingerprint density at radius 3 is 2.78 bits per heavy atom. The second-order valence-electron chi connectivity index (χ2n) is 12.1. The van der Waals surface area contributed by atoms with Crippen molar-refractivity contribution in [2.45, 2.75) is 37.6 Å². The van der Waals surface area contributed by atoms with E-state index in [2.05, 4.69) is 14.9 Å². The summed E-state index contributed by atoms with van der Waals surface area (Å²) in [5.41, 5.74) is 6.32. The van der Waals surface area contributed by atoms with E-state index in [1.54, 1.807) is 0 Å². The number of carbonyl (C=O) groups is 1. The molecule has 7 rings (SSSR count). The fourth-order valence-corrected chi connectivity index (χ4v) is 8.45. The molecule has 2 aromatic carbocycles. The van der Waals surface area contributed by atoms with Gasteiger partial charge >= 0.3 is 12.0 Å². The summed E-state index contributed by atoms with van der Waals surface area (Å²) in [7, 11) is 0. The van der Waals surface area contributed by atoms with Crippen LogP contribution in [-0.4, -0.2) is 64.3 Å². The molecule has 2 aromatic heterocycles. The minimum atomic E-state index is -0.870. The Kier molecular flexibility index (Phi) is 7.70. The maximum absolute atomic E-state index is 16.8. The number of thiophene rings is 1. The van der Waals surface area contributed by atoms with Crippen LogP contribution < -0.4 is 15.4 Å². The monoisotopic (exact) mass is 668 g/mol. The van der Waals surface area contributed by atoms with E-state index in [9.17, 15) is 23.9 Å². The van der Waals surface area contributed by atoms with E-state index in [4.69, 9.17) is 22.1 Å². The van der Waals surface area contributed by atoms with Crippen LogP contribution in [0.4, 0.5) is 24.0 Å². The van der Waals surface area contributed by atoms with E-state index in [1.807, 2.05) is 11.0 Å². The van der Waals surface area contributed by atoms with Crippen LogP contribution in [-0.2, 0) is 4.79 Å². The number of nitrogens with zero attached hydrogens (tertiary/aromatic N) is 5. The van der Waals surface area contributed by atoms with Gasteiger partial charge in [0.25, 0.3) is 0 Å². The van der Waals surface area contributed by atoms with Crippen molar-refractivity contribution in [2.75, 3.05) is 43.4 Å². The number of halogens is 4. The lowest BCUT2D eigenvalue weighted by Gasteiger charge is -2.33. The number of nitrogen functional groups attached to an aromatic ring is 1. The van der Waals surface area contributed by atoms with Crippen LogP contribution in [0.3, 0.4) is 0 Å². The number of anilines is 2. The van der Waals surface area contributed by atoms with E-state index in [1.165, 1.54) is 18.2 Å². The second kappa shape index (κ2) is 11.6. The minimum Gasteiger partial charge on any atom is -0.481 e. The molecule has 0 spiro atoms. The van der Waals surface area contributed by atoms with Crippen molar-refractivity contribution in [2.24, 2.45) is 5.92 Å². The zero-order chi connectivity index (χ0) is 32.3. The van der Waals surface area contributed by atoms with E-state index >= 15 is 4.39 Å². The molecule has 3 N–H and O–H groups in total. The highest BCUT2D eigenvalue weighted by Crippen LogP contribution is 2.46. The molecule has 3 aliphatic rings. The number of hydrogen-bond donors (Lipinski definition) is 2. The molecule has 0 unspecified atom stereocenters. The summed E-state index contributed by atoms with van der Waals surface area (Å²) in [6.45, 7) is 2.19. The summed E-state index contributed by atoms with van der Waals surface area (Å²) in [5, 5.41) is 19.9. The van der Waals surface area contributed by atoms with Crippen LogP contribution in [0.5, 0.6) is 6.01 Å². The molecule has 5 heterocycles. The normalized spacial score (nSPS) is 21.4. The van der Waals surface area contributed by atoms with Crippen molar-refractivity contribution in [1.29, 1.82) is 5.26 Å². The lowest BCUT2D eigenvalue weighted by atomic mass is 9.94. The third-order valence-corrected chi connectivity index (χ3v) is 10.8. The van der Waals surface area contributed by atoms with Gasteiger partial charge in [-0.25, -0.2) is 13.2 Å². The number of fused-ring (bicyclic) bond motifs is 3. The van der Waals surface area contributed by atoms with Gasteiger partial charge in [-0.3, -0.25) is 9.69 Å². The summed E-state index contributed by atoms with van der Waals surface area (Å²) in [6.07, 6.45) is 3.63.